The predicted molar refractivity (Wildman–Crippen MR) is 81.3 cm³/mol. The SMILES string of the molecule is CCc1nc(SCC(=O)NCc2cn3c(n2)SCC3)n[nH]1. The van der Waals surface area contributed by atoms with Gasteiger partial charge >= 0.3 is 0 Å². The van der Waals surface area contributed by atoms with Crippen LogP contribution in [0.25, 0.3) is 0 Å². The average Bonchev–Trinajstić information content (AvgIpc) is 3.17. The molecule has 9 heteroatoms. The molecule has 0 saturated carbocycles. The maximum atomic E-state index is 11.8. The van der Waals surface area contributed by atoms with Crippen molar-refractivity contribution >= 4 is 29.4 Å². The second-order valence-corrected chi connectivity index (χ2v) is 6.54. The fourth-order valence-electron chi connectivity index (χ4n) is 1.92. The molecule has 3 rings (SSSR count). The number of nitrogens with zero attached hydrogens (tertiary/aromatic N) is 4. The van der Waals surface area contributed by atoms with Crippen molar-refractivity contribution in [2.75, 3.05) is 11.5 Å². The summed E-state index contributed by atoms with van der Waals surface area (Å²) in [5.41, 5.74) is 0.904. The minimum Gasteiger partial charge on any atom is -0.350 e. The van der Waals surface area contributed by atoms with Crippen molar-refractivity contribution in [3.63, 3.8) is 0 Å². The van der Waals surface area contributed by atoms with Crippen LogP contribution in [0.1, 0.15) is 18.4 Å². The highest BCUT2D eigenvalue weighted by Gasteiger charge is 2.14. The van der Waals surface area contributed by atoms with Gasteiger partial charge in [-0.15, -0.1) is 5.10 Å². The Balaban J connectivity index is 1.43. The number of aromatic nitrogens is 5. The number of aromatic amines is 1. The number of carbonyl (C=O) groups excluding carboxylic acids is 1. The Morgan fingerprint density at radius 3 is 3.24 bits per heavy atom. The number of carbonyl (C=O) groups is 1. The van der Waals surface area contributed by atoms with E-state index in [9.17, 15) is 4.79 Å². The predicted octanol–water partition coefficient (Wildman–Crippen LogP) is 1.08. The van der Waals surface area contributed by atoms with Crippen LogP contribution >= 0.6 is 23.5 Å². The fraction of sp³-hybridized carbons (Fsp3) is 0.500. The number of imidazole rings is 1. The van der Waals surface area contributed by atoms with Gasteiger partial charge in [-0.3, -0.25) is 9.89 Å². The molecule has 0 radical (unpaired) electrons. The minimum atomic E-state index is -0.0383. The monoisotopic (exact) mass is 324 g/mol. The summed E-state index contributed by atoms with van der Waals surface area (Å²) >= 11 is 3.08. The van der Waals surface area contributed by atoms with Crippen LogP contribution in [0.3, 0.4) is 0 Å². The van der Waals surface area contributed by atoms with E-state index in [0.29, 0.717) is 17.5 Å². The van der Waals surface area contributed by atoms with Gasteiger partial charge in [0.15, 0.2) is 5.16 Å². The summed E-state index contributed by atoms with van der Waals surface area (Å²) in [6.45, 7) is 3.47. The van der Waals surface area contributed by atoms with Gasteiger partial charge in [-0.25, -0.2) is 9.97 Å². The molecule has 0 unspecified atom stereocenters. The average molecular weight is 324 g/mol. The Labute approximate surface area is 130 Å². The molecule has 1 amide bonds. The molecule has 2 N–H and O–H groups in total. The van der Waals surface area contributed by atoms with Crippen molar-refractivity contribution in [1.82, 2.24) is 30.0 Å². The highest BCUT2D eigenvalue weighted by Crippen LogP contribution is 2.24. The number of rotatable bonds is 6. The zero-order chi connectivity index (χ0) is 14.7. The third-order valence-electron chi connectivity index (χ3n) is 3.00. The van der Waals surface area contributed by atoms with E-state index in [1.807, 2.05) is 13.1 Å². The van der Waals surface area contributed by atoms with Gasteiger partial charge in [0.2, 0.25) is 11.1 Å². The van der Waals surface area contributed by atoms with E-state index in [4.69, 9.17) is 0 Å². The van der Waals surface area contributed by atoms with Gasteiger partial charge < -0.3 is 9.88 Å². The molecular formula is C12H16N6OS2. The molecule has 1 aliphatic rings. The first-order valence-electron chi connectivity index (χ1n) is 6.74. The summed E-state index contributed by atoms with van der Waals surface area (Å²) < 4.78 is 2.13. The van der Waals surface area contributed by atoms with E-state index in [-0.39, 0.29) is 5.91 Å². The third-order valence-corrected chi connectivity index (χ3v) is 4.82. The Hall–Kier alpha value is -1.48. The quantitative estimate of drug-likeness (QED) is 0.773. The summed E-state index contributed by atoms with van der Waals surface area (Å²) in [6.07, 6.45) is 2.81. The van der Waals surface area contributed by atoms with Gasteiger partial charge in [0.05, 0.1) is 18.0 Å². The maximum Gasteiger partial charge on any atom is 0.230 e. The molecule has 0 fully saturated rings. The first-order chi connectivity index (χ1) is 10.2. The lowest BCUT2D eigenvalue weighted by Crippen LogP contribution is -2.24. The van der Waals surface area contributed by atoms with E-state index in [1.54, 1.807) is 11.8 Å². The van der Waals surface area contributed by atoms with Crippen LogP contribution in [0.2, 0.25) is 0 Å². The lowest BCUT2D eigenvalue weighted by Gasteiger charge is -2.01. The van der Waals surface area contributed by atoms with Gasteiger partial charge in [-0.05, 0) is 0 Å². The number of hydrogen-bond donors (Lipinski definition) is 2. The molecule has 0 aliphatic carbocycles. The Kier molecular flexibility index (Phi) is 4.49. The van der Waals surface area contributed by atoms with Crippen LogP contribution in [-0.2, 0) is 24.3 Å². The largest absolute Gasteiger partial charge is 0.350 e. The molecule has 0 bridgehead atoms. The topological polar surface area (TPSA) is 88.5 Å². The molecule has 2 aromatic rings. The van der Waals surface area contributed by atoms with Crippen molar-refractivity contribution in [2.45, 2.75) is 36.7 Å². The fourth-order valence-corrected chi connectivity index (χ4v) is 3.53. The zero-order valence-corrected chi connectivity index (χ0v) is 13.3. The second kappa shape index (κ2) is 6.52. The molecule has 7 nitrogen and oxygen atoms in total. The summed E-state index contributed by atoms with van der Waals surface area (Å²) in [5.74, 6) is 2.19. The number of thioether (sulfide) groups is 2. The van der Waals surface area contributed by atoms with Gasteiger partial charge in [0.25, 0.3) is 0 Å². The molecule has 0 atom stereocenters. The second-order valence-electron chi connectivity index (χ2n) is 4.54. The highest BCUT2D eigenvalue weighted by molar-refractivity contribution is 7.99. The van der Waals surface area contributed by atoms with Gasteiger partial charge in [-0.2, -0.15) is 0 Å². The number of H-pyrrole nitrogens is 1. The number of nitrogens with one attached hydrogen (secondary N) is 2. The molecule has 1 aliphatic heterocycles. The van der Waals surface area contributed by atoms with E-state index in [2.05, 4.69) is 30.0 Å². The molecular weight excluding hydrogens is 308 g/mol. The van der Waals surface area contributed by atoms with Gasteiger partial charge in [0, 0.05) is 24.9 Å². The maximum absolute atomic E-state index is 11.8. The van der Waals surface area contributed by atoms with Crippen molar-refractivity contribution in [2.24, 2.45) is 0 Å². The zero-order valence-electron chi connectivity index (χ0n) is 11.6. The first-order valence-corrected chi connectivity index (χ1v) is 8.71. The highest BCUT2D eigenvalue weighted by atomic mass is 32.2. The summed E-state index contributed by atoms with van der Waals surface area (Å²) in [4.78, 5) is 20.5. The molecule has 3 heterocycles. The van der Waals surface area contributed by atoms with E-state index >= 15 is 0 Å². The van der Waals surface area contributed by atoms with Crippen molar-refractivity contribution < 1.29 is 4.79 Å². The third kappa shape index (κ3) is 3.59. The standard InChI is InChI=1S/C12H16N6OS2/c1-2-9-15-11(17-16-9)21-7-10(19)13-5-8-6-18-3-4-20-12(18)14-8/h6H,2-5,7H2,1H3,(H,13,19)(H,15,16,17). The lowest BCUT2D eigenvalue weighted by atomic mass is 10.4. The van der Waals surface area contributed by atoms with Crippen molar-refractivity contribution in [3.05, 3.63) is 17.7 Å². The molecule has 0 aromatic carbocycles. The molecule has 2 aromatic heterocycles. The van der Waals surface area contributed by atoms with Crippen molar-refractivity contribution in [1.29, 1.82) is 0 Å². The van der Waals surface area contributed by atoms with E-state index in [1.165, 1.54) is 11.8 Å². The van der Waals surface area contributed by atoms with Crippen LogP contribution in [0, 0.1) is 0 Å². The molecule has 0 saturated heterocycles. The van der Waals surface area contributed by atoms with Crippen LogP contribution < -0.4 is 5.32 Å². The van der Waals surface area contributed by atoms with Crippen molar-refractivity contribution in [3.8, 4) is 0 Å². The summed E-state index contributed by atoms with van der Waals surface area (Å²) in [6, 6.07) is 0. The molecule has 21 heavy (non-hydrogen) atoms. The number of aryl methyl sites for hydroxylation is 2. The van der Waals surface area contributed by atoms with Crippen LogP contribution in [0.5, 0.6) is 0 Å². The van der Waals surface area contributed by atoms with E-state index < -0.39 is 0 Å². The minimum absolute atomic E-state index is 0.0383. The molecule has 112 valence electrons. The lowest BCUT2D eigenvalue weighted by molar-refractivity contribution is -0.118. The first kappa shape index (κ1) is 14.5. The smallest absolute Gasteiger partial charge is 0.230 e. The molecule has 0 spiro atoms. The van der Waals surface area contributed by atoms with Crippen LogP contribution in [-0.4, -0.2) is 42.1 Å². The Bertz CT molecular complexity index is 616. The number of hydrogen-bond acceptors (Lipinski definition) is 6. The van der Waals surface area contributed by atoms with Gasteiger partial charge in [-0.1, -0.05) is 30.4 Å². The number of fused-ring (bicyclic) bond motifs is 1. The normalized spacial score (nSPS) is 13.4. The van der Waals surface area contributed by atoms with Gasteiger partial charge in [0.1, 0.15) is 5.82 Å². The van der Waals surface area contributed by atoms with Crippen LogP contribution in [0.15, 0.2) is 16.5 Å². The summed E-state index contributed by atoms with van der Waals surface area (Å²) in [7, 11) is 0. The number of amides is 1. The Morgan fingerprint density at radius 1 is 1.57 bits per heavy atom. The Morgan fingerprint density at radius 2 is 2.48 bits per heavy atom. The van der Waals surface area contributed by atoms with E-state index in [0.717, 1.165) is 35.4 Å². The summed E-state index contributed by atoms with van der Waals surface area (Å²) in [5, 5.41) is 11.4. The van der Waals surface area contributed by atoms with Crippen LogP contribution in [0.4, 0.5) is 0 Å².